The Hall–Kier alpha value is -1.46. The molecule has 0 spiro atoms. The van der Waals surface area contributed by atoms with Crippen LogP contribution in [0.3, 0.4) is 0 Å². The number of hydrogen-bond donors (Lipinski definition) is 1. The van der Waals surface area contributed by atoms with Crippen LogP contribution in [-0.4, -0.2) is 4.98 Å². The summed E-state index contributed by atoms with van der Waals surface area (Å²) in [6.07, 6.45) is 0. The molecule has 1 heterocycles. The Balaban J connectivity index is 1.98. The van der Waals surface area contributed by atoms with Crippen LogP contribution in [0.1, 0.15) is 5.56 Å². The Kier molecular flexibility index (Phi) is 3.24. The van der Waals surface area contributed by atoms with Crippen LogP contribution in [-0.2, 0) is 0 Å². The SMILES string of the molecule is Cc1ccc(Br)cc1Nc1nc2ccc(F)cc2s1. The lowest BCUT2D eigenvalue weighted by atomic mass is 10.2. The van der Waals surface area contributed by atoms with Crippen LogP contribution in [0.4, 0.5) is 15.2 Å². The highest BCUT2D eigenvalue weighted by atomic mass is 79.9. The van der Waals surface area contributed by atoms with Crippen molar-refractivity contribution < 1.29 is 4.39 Å². The molecule has 0 fully saturated rings. The molecule has 1 N–H and O–H groups in total. The number of aromatic nitrogens is 1. The number of anilines is 2. The van der Waals surface area contributed by atoms with E-state index in [4.69, 9.17) is 0 Å². The maximum absolute atomic E-state index is 13.1. The molecule has 2 nitrogen and oxygen atoms in total. The number of aryl methyl sites for hydroxylation is 1. The Morgan fingerprint density at radius 1 is 1.21 bits per heavy atom. The van der Waals surface area contributed by atoms with Crippen molar-refractivity contribution in [1.29, 1.82) is 0 Å². The molecule has 0 aliphatic heterocycles. The van der Waals surface area contributed by atoms with Gasteiger partial charge < -0.3 is 5.32 Å². The third-order valence-corrected chi connectivity index (χ3v) is 4.22. The van der Waals surface area contributed by atoms with Crippen molar-refractivity contribution in [3.8, 4) is 0 Å². The number of nitrogens with zero attached hydrogens (tertiary/aromatic N) is 1. The van der Waals surface area contributed by atoms with Gasteiger partial charge in [-0.3, -0.25) is 0 Å². The van der Waals surface area contributed by atoms with E-state index in [1.54, 1.807) is 6.07 Å². The number of thiazole rings is 1. The van der Waals surface area contributed by atoms with Crippen LogP contribution in [0.15, 0.2) is 40.9 Å². The van der Waals surface area contributed by atoms with Crippen LogP contribution in [0, 0.1) is 12.7 Å². The molecule has 2 aromatic carbocycles. The van der Waals surface area contributed by atoms with Crippen molar-refractivity contribution in [3.63, 3.8) is 0 Å². The van der Waals surface area contributed by atoms with Gasteiger partial charge in [-0.2, -0.15) is 0 Å². The summed E-state index contributed by atoms with van der Waals surface area (Å²) in [5, 5.41) is 4.04. The van der Waals surface area contributed by atoms with E-state index in [9.17, 15) is 4.39 Å². The van der Waals surface area contributed by atoms with E-state index in [0.29, 0.717) is 0 Å². The minimum atomic E-state index is -0.235. The first-order valence-electron chi connectivity index (χ1n) is 5.71. The second kappa shape index (κ2) is 4.90. The minimum absolute atomic E-state index is 0.235. The zero-order chi connectivity index (χ0) is 13.4. The molecule has 96 valence electrons. The first kappa shape index (κ1) is 12.6. The summed E-state index contributed by atoms with van der Waals surface area (Å²) in [4.78, 5) is 4.45. The van der Waals surface area contributed by atoms with Crippen molar-refractivity contribution >= 4 is 48.3 Å². The number of nitrogens with one attached hydrogen (secondary N) is 1. The summed E-state index contributed by atoms with van der Waals surface area (Å²) in [7, 11) is 0. The van der Waals surface area contributed by atoms with Crippen LogP contribution < -0.4 is 5.32 Å². The largest absolute Gasteiger partial charge is 0.331 e. The molecule has 1 aromatic heterocycles. The molecule has 0 amide bonds. The average Bonchev–Trinajstić information content (AvgIpc) is 2.75. The Morgan fingerprint density at radius 3 is 2.89 bits per heavy atom. The second-order valence-electron chi connectivity index (χ2n) is 4.22. The summed E-state index contributed by atoms with van der Waals surface area (Å²) in [6, 6.07) is 10.7. The predicted octanol–water partition coefficient (Wildman–Crippen LogP) is 5.25. The fourth-order valence-electron chi connectivity index (χ4n) is 1.80. The zero-order valence-corrected chi connectivity index (χ0v) is 12.5. The smallest absolute Gasteiger partial charge is 0.188 e. The van der Waals surface area contributed by atoms with E-state index in [0.717, 1.165) is 31.1 Å². The molecule has 0 saturated carbocycles. The van der Waals surface area contributed by atoms with Gasteiger partial charge in [0.05, 0.1) is 10.2 Å². The van der Waals surface area contributed by atoms with Gasteiger partial charge in [0, 0.05) is 10.2 Å². The van der Waals surface area contributed by atoms with Crippen LogP contribution in [0.5, 0.6) is 0 Å². The van der Waals surface area contributed by atoms with Gasteiger partial charge in [0.25, 0.3) is 0 Å². The van der Waals surface area contributed by atoms with Gasteiger partial charge in [-0.15, -0.1) is 0 Å². The zero-order valence-electron chi connectivity index (χ0n) is 10.1. The van der Waals surface area contributed by atoms with Gasteiger partial charge in [-0.1, -0.05) is 33.3 Å². The molecule has 0 atom stereocenters. The van der Waals surface area contributed by atoms with Crippen molar-refractivity contribution in [3.05, 3.63) is 52.3 Å². The average molecular weight is 337 g/mol. The van der Waals surface area contributed by atoms with Crippen LogP contribution >= 0.6 is 27.3 Å². The lowest BCUT2D eigenvalue weighted by Gasteiger charge is -2.06. The van der Waals surface area contributed by atoms with E-state index in [1.165, 1.54) is 23.5 Å². The van der Waals surface area contributed by atoms with E-state index in [-0.39, 0.29) is 5.82 Å². The number of fused-ring (bicyclic) bond motifs is 1. The van der Waals surface area contributed by atoms with Crippen molar-refractivity contribution in [2.45, 2.75) is 6.92 Å². The van der Waals surface area contributed by atoms with Crippen LogP contribution in [0.2, 0.25) is 0 Å². The second-order valence-corrected chi connectivity index (χ2v) is 6.16. The Labute approximate surface area is 122 Å². The van der Waals surface area contributed by atoms with Crippen molar-refractivity contribution in [2.24, 2.45) is 0 Å². The normalized spacial score (nSPS) is 10.9. The van der Waals surface area contributed by atoms with E-state index >= 15 is 0 Å². The monoisotopic (exact) mass is 336 g/mol. The molecule has 0 bridgehead atoms. The maximum Gasteiger partial charge on any atom is 0.188 e. The molecular weight excluding hydrogens is 327 g/mol. The third kappa shape index (κ3) is 2.62. The first-order valence-corrected chi connectivity index (χ1v) is 7.32. The molecular formula is C14H10BrFN2S. The molecule has 0 radical (unpaired) electrons. The van der Waals surface area contributed by atoms with Crippen molar-refractivity contribution in [2.75, 3.05) is 5.32 Å². The standard InChI is InChI=1S/C14H10BrFN2S/c1-8-2-3-9(15)6-12(8)18-14-17-11-5-4-10(16)7-13(11)19-14/h2-7H,1H3,(H,17,18). The van der Waals surface area contributed by atoms with E-state index in [1.807, 2.05) is 25.1 Å². The quantitative estimate of drug-likeness (QED) is 0.691. The molecule has 19 heavy (non-hydrogen) atoms. The van der Waals surface area contributed by atoms with Gasteiger partial charge in [0.15, 0.2) is 5.13 Å². The molecule has 0 aliphatic carbocycles. The topological polar surface area (TPSA) is 24.9 Å². The number of benzene rings is 2. The molecule has 0 saturated heterocycles. The van der Waals surface area contributed by atoms with Crippen molar-refractivity contribution in [1.82, 2.24) is 4.98 Å². The highest BCUT2D eigenvalue weighted by molar-refractivity contribution is 9.10. The predicted molar refractivity (Wildman–Crippen MR) is 81.7 cm³/mol. The summed E-state index contributed by atoms with van der Waals surface area (Å²) < 4.78 is 15.0. The molecule has 3 aromatic rings. The van der Waals surface area contributed by atoms with Gasteiger partial charge in [0.1, 0.15) is 5.82 Å². The first-order chi connectivity index (χ1) is 9.11. The van der Waals surface area contributed by atoms with Gasteiger partial charge in [-0.05, 0) is 42.8 Å². The van der Waals surface area contributed by atoms with Gasteiger partial charge >= 0.3 is 0 Å². The molecule has 0 aliphatic rings. The lowest BCUT2D eigenvalue weighted by Crippen LogP contribution is -1.92. The molecule has 3 rings (SSSR count). The highest BCUT2D eigenvalue weighted by Crippen LogP contribution is 2.30. The summed E-state index contributed by atoms with van der Waals surface area (Å²) >= 11 is 4.89. The molecule has 0 unspecified atom stereocenters. The van der Waals surface area contributed by atoms with E-state index < -0.39 is 0 Å². The summed E-state index contributed by atoms with van der Waals surface area (Å²) in [5.41, 5.74) is 2.93. The highest BCUT2D eigenvalue weighted by Gasteiger charge is 2.06. The fourth-order valence-corrected chi connectivity index (χ4v) is 3.06. The summed E-state index contributed by atoms with van der Waals surface area (Å²) in [6.45, 7) is 2.03. The van der Waals surface area contributed by atoms with E-state index in [2.05, 4.69) is 26.2 Å². The number of rotatable bonds is 2. The number of halogens is 2. The Bertz CT molecular complexity index is 754. The lowest BCUT2D eigenvalue weighted by molar-refractivity contribution is 0.630. The minimum Gasteiger partial charge on any atom is -0.331 e. The third-order valence-electron chi connectivity index (χ3n) is 2.79. The van der Waals surface area contributed by atoms with Gasteiger partial charge in [-0.25, -0.2) is 9.37 Å². The Morgan fingerprint density at radius 2 is 2.05 bits per heavy atom. The fraction of sp³-hybridized carbons (Fsp3) is 0.0714. The number of hydrogen-bond acceptors (Lipinski definition) is 3. The maximum atomic E-state index is 13.1. The van der Waals surface area contributed by atoms with Crippen LogP contribution in [0.25, 0.3) is 10.2 Å². The molecule has 5 heteroatoms. The summed E-state index contributed by atoms with van der Waals surface area (Å²) in [5.74, 6) is -0.235. The van der Waals surface area contributed by atoms with Gasteiger partial charge in [0.2, 0.25) is 0 Å².